The van der Waals surface area contributed by atoms with Gasteiger partial charge in [-0.2, -0.15) is 0 Å². The highest BCUT2D eigenvalue weighted by Gasteiger charge is 2.11. The van der Waals surface area contributed by atoms with E-state index in [0.717, 1.165) is 5.56 Å². The third kappa shape index (κ3) is 2.86. The molecule has 2 rings (SSSR count). The maximum Gasteiger partial charge on any atom is 0.433 e. The Labute approximate surface area is 103 Å². The maximum absolute atomic E-state index is 10.4. The summed E-state index contributed by atoms with van der Waals surface area (Å²) in [6.45, 7) is 0.0942. The van der Waals surface area contributed by atoms with Crippen molar-refractivity contribution in [1.82, 2.24) is 0 Å². The quantitative estimate of drug-likeness (QED) is 0.648. The lowest BCUT2D eigenvalue weighted by Gasteiger charge is -2.04. The molecule has 94 valence electrons. The number of rotatable bonds is 5. The van der Waals surface area contributed by atoms with Crippen LogP contribution in [0, 0.1) is 10.1 Å². The van der Waals surface area contributed by atoms with E-state index in [4.69, 9.17) is 14.3 Å². The first kappa shape index (κ1) is 12.1. The molecule has 0 spiro atoms. The second-order valence-electron chi connectivity index (χ2n) is 3.59. The Kier molecular flexibility index (Phi) is 3.59. The average molecular weight is 249 g/mol. The van der Waals surface area contributed by atoms with Gasteiger partial charge in [-0.25, -0.2) is 0 Å². The number of hydrogen-bond acceptors (Lipinski definition) is 5. The van der Waals surface area contributed by atoms with E-state index in [1.165, 1.54) is 12.1 Å². The van der Waals surface area contributed by atoms with Gasteiger partial charge >= 0.3 is 5.88 Å². The van der Waals surface area contributed by atoms with Crippen LogP contribution in [-0.2, 0) is 13.2 Å². The lowest BCUT2D eigenvalue weighted by atomic mass is 10.2. The highest BCUT2D eigenvalue weighted by molar-refractivity contribution is 5.27. The van der Waals surface area contributed by atoms with Crippen LogP contribution in [0.3, 0.4) is 0 Å². The zero-order chi connectivity index (χ0) is 13.0. The van der Waals surface area contributed by atoms with Crippen molar-refractivity contribution in [3.05, 3.63) is 57.8 Å². The van der Waals surface area contributed by atoms with Crippen molar-refractivity contribution < 1.29 is 19.2 Å². The standard InChI is InChI=1S/C12H11NO5/c14-7-9-1-3-10(4-2-9)17-8-11-5-6-12(18-11)13(15)16/h1-6,14H,7-8H2. The van der Waals surface area contributed by atoms with Crippen LogP contribution in [0.15, 0.2) is 40.8 Å². The zero-order valence-corrected chi connectivity index (χ0v) is 9.41. The highest BCUT2D eigenvalue weighted by atomic mass is 16.6. The van der Waals surface area contributed by atoms with Crippen molar-refractivity contribution in [2.24, 2.45) is 0 Å². The molecular weight excluding hydrogens is 238 g/mol. The van der Waals surface area contributed by atoms with Gasteiger partial charge in [-0.3, -0.25) is 10.1 Å². The van der Waals surface area contributed by atoms with Crippen molar-refractivity contribution in [2.75, 3.05) is 0 Å². The summed E-state index contributed by atoms with van der Waals surface area (Å²) >= 11 is 0. The third-order valence-corrected chi connectivity index (χ3v) is 2.31. The Bertz CT molecular complexity index is 532. The van der Waals surface area contributed by atoms with Crippen LogP contribution in [-0.4, -0.2) is 10.0 Å². The molecular formula is C12H11NO5. The average Bonchev–Trinajstić information content (AvgIpc) is 2.86. The minimum absolute atomic E-state index is 0.0232. The summed E-state index contributed by atoms with van der Waals surface area (Å²) in [5, 5.41) is 19.3. The number of nitro groups is 1. The van der Waals surface area contributed by atoms with Gasteiger partial charge in [0.25, 0.3) is 0 Å². The molecule has 2 aromatic rings. The van der Waals surface area contributed by atoms with E-state index in [2.05, 4.69) is 0 Å². The molecule has 0 aliphatic heterocycles. The monoisotopic (exact) mass is 249 g/mol. The fraction of sp³-hybridized carbons (Fsp3) is 0.167. The first-order valence-corrected chi connectivity index (χ1v) is 5.25. The lowest BCUT2D eigenvalue weighted by Crippen LogP contribution is -1.94. The minimum atomic E-state index is -0.598. The summed E-state index contributed by atoms with van der Waals surface area (Å²) in [6.07, 6.45) is 0. The molecule has 0 radical (unpaired) electrons. The van der Waals surface area contributed by atoms with Crippen LogP contribution in [0.5, 0.6) is 5.75 Å². The number of aliphatic hydroxyl groups excluding tert-OH is 1. The first-order valence-electron chi connectivity index (χ1n) is 5.25. The summed E-state index contributed by atoms with van der Waals surface area (Å²) in [5.74, 6) is 0.684. The van der Waals surface area contributed by atoms with Crippen molar-refractivity contribution in [3.8, 4) is 5.75 Å². The van der Waals surface area contributed by atoms with Gasteiger partial charge in [-0.05, 0) is 23.8 Å². The molecule has 0 atom stereocenters. The molecule has 1 aromatic carbocycles. The molecule has 1 aromatic heterocycles. The number of ether oxygens (including phenoxy) is 1. The smallest absolute Gasteiger partial charge is 0.433 e. The number of hydrogen-bond donors (Lipinski definition) is 1. The maximum atomic E-state index is 10.4. The minimum Gasteiger partial charge on any atom is -0.486 e. The molecule has 0 saturated carbocycles. The molecule has 6 nitrogen and oxygen atoms in total. The van der Waals surface area contributed by atoms with Gasteiger partial charge in [0.2, 0.25) is 0 Å². The Morgan fingerprint density at radius 3 is 2.50 bits per heavy atom. The molecule has 0 saturated heterocycles. The molecule has 0 unspecified atom stereocenters. The van der Waals surface area contributed by atoms with E-state index in [1.54, 1.807) is 24.3 Å². The van der Waals surface area contributed by atoms with E-state index in [-0.39, 0.29) is 19.1 Å². The second-order valence-corrected chi connectivity index (χ2v) is 3.59. The van der Waals surface area contributed by atoms with E-state index in [0.29, 0.717) is 11.5 Å². The molecule has 0 amide bonds. The van der Waals surface area contributed by atoms with E-state index >= 15 is 0 Å². The van der Waals surface area contributed by atoms with Crippen molar-refractivity contribution >= 4 is 5.88 Å². The predicted molar refractivity (Wildman–Crippen MR) is 62.1 cm³/mol. The normalized spacial score (nSPS) is 10.3. The molecule has 1 N–H and O–H groups in total. The Hall–Kier alpha value is -2.34. The molecule has 0 aliphatic carbocycles. The predicted octanol–water partition coefficient (Wildman–Crippen LogP) is 2.26. The van der Waals surface area contributed by atoms with Crippen LogP contribution < -0.4 is 4.74 Å². The first-order chi connectivity index (χ1) is 8.69. The summed E-state index contributed by atoms with van der Waals surface area (Å²) in [4.78, 5) is 9.81. The van der Waals surface area contributed by atoms with Crippen molar-refractivity contribution in [3.63, 3.8) is 0 Å². The molecule has 1 heterocycles. The molecule has 0 fully saturated rings. The Balaban J connectivity index is 1.95. The summed E-state index contributed by atoms with van der Waals surface area (Å²) < 4.78 is 10.3. The topological polar surface area (TPSA) is 85.7 Å². The van der Waals surface area contributed by atoms with Gasteiger partial charge in [0.05, 0.1) is 12.7 Å². The second kappa shape index (κ2) is 5.33. The Morgan fingerprint density at radius 1 is 1.22 bits per heavy atom. The van der Waals surface area contributed by atoms with Crippen LogP contribution in [0.4, 0.5) is 5.88 Å². The number of benzene rings is 1. The largest absolute Gasteiger partial charge is 0.486 e. The fourth-order valence-corrected chi connectivity index (χ4v) is 1.39. The van der Waals surface area contributed by atoms with E-state index in [1.807, 2.05) is 0 Å². The molecule has 18 heavy (non-hydrogen) atoms. The van der Waals surface area contributed by atoms with Crippen molar-refractivity contribution in [2.45, 2.75) is 13.2 Å². The van der Waals surface area contributed by atoms with Crippen LogP contribution in [0.25, 0.3) is 0 Å². The van der Waals surface area contributed by atoms with E-state index in [9.17, 15) is 10.1 Å². The van der Waals surface area contributed by atoms with Gasteiger partial charge in [-0.1, -0.05) is 12.1 Å². The number of nitrogens with zero attached hydrogens (tertiary/aromatic N) is 1. The number of aliphatic hydroxyl groups is 1. The van der Waals surface area contributed by atoms with E-state index < -0.39 is 4.92 Å². The highest BCUT2D eigenvalue weighted by Crippen LogP contribution is 2.18. The van der Waals surface area contributed by atoms with Gasteiger partial charge in [0.15, 0.2) is 0 Å². The van der Waals surface area contributed by atoms with Gasteiger partial charge in [-0.15, -0.1) is 0 Å². The van der Waals surface area contributed by atoms with Gasteiger partial charge < -0.3 is 14.3 Å². The molecule has 0 bridgehead atoms. The summed E-state index contributed by atoms with van der Waals surface area (Å²) in [7, 11) is 0. The fourth-order valence-electron chi connectivity index (χ4n) is 1.39. The van der Waals surface area contributed by atoms with Gasteiger partial charge in [0.1, 0.15) is 23.0 Å². The molecule has 0 aliphatic rings. The van der Waals surface area contributed by atoms with Gasteiger partial charge in [0, 0.05) is 0 Å². The van der Waals surface area contributed by atoms with Crippen LogP contribution in [0.2, 0.25) is 0 Å². The van der Waals surface area contributed by atoms with Crippen LogP contribution in [0.1, 0.15) is 11.3 Å². The zero-order valence-electron chi connectivity index (χ0n) is 9.41. The SMILES string of the molecule is O=[N+]([O-])c1ccc(COc2ccc(CO)cc2)o1. The molecule has 6 heteroatoms. The lowest BCUT2D eigenvalue weighted by molar-refractivity contribution is -0.402. The van der Waals surface area contributed by atoms with Crippen molar-refractivity contribution in [1.29, 1.82) is 0 Å². The van der Waals surface area contributed by atoms with Crippen LogP contribution >= 0.6 is 0 Å². The summed E-state index contributed by atoms with van der Waals surface area (Å²) in [6, 6.07) is 9.68. The number of furan rings is 1. The summed E-state index contributed by atoms with van der Waals surface area (Å²) in [5.41, 5.74) is 0.788. The Morgan fingerprint density at radius 2 is 1.94 bits per heavy atom. The third-order valence-electron chi connectivity index (χ3n) is 2.31.